The van der Waals surface area contributed by atoms with Crippen LogP contribution >= 0.6 is 9.24 Å². The molecule has 1 heterocycles. The van der Waals surface area contributed by atoms with Gasteiger partial charge in [0, 0.05) is 12.5 Å². The average molecular weight is 185 g/mol. The van der Waals surface area contributed by atoms with Crippen LogP contribution < -0.4 is 5.73 Å². The van der Waals surface area contributed by atoms with Gasteiger partial charge in [-0.2, -0.15) is 0 Å². The lowest BCUT2D eigenvalue weighted by molar-refractivity contribution is 0.734. The van der Waals surface area contributed by atoms with Crippen LogP contribution in [0.15, 0.2) is 12.5 Å². The zero-order valence-electron chi connectivity index (χ0n) is 7.24. The maximum Gasteiger partial charge on any atom is 0.0952 e. The number of aryl methyl sites for hydroxylation is 1. The van der Waals surface area contributed by atoms with Crippen molar-refractivity contribution in [2.24, 2.45) is 5.73 Å². The Morgan fingerprint density at radius 1 is 1.50 bits per heavy atom. The van der Waals surface area contributed by atoms with Crippen LogP contribution in [0.25, 0.3) is 0 Å². The highest BCUT2D eigenvalue weighted by atomic mass is 31.0. The first-order chi connectivity index (χ1) is 5.86. The molecule has 1 aromatic heterocycles. The fraction of sp³-hybridized carbons (Fsp3) is 0.625. The van der Waals surface area contributed by atoms with E-state index in [0.29, 0.717) is 0 Å². The lowest BCUT2D eigenvalue weighted by Crippen LogP contribution is -1.99. The summed E-state index contributed by atoms with van der Waals surface area (Å²) in [4.78, 5) is 4.27. The molecule has 0 spiro atoms. The van der Waals surface area contributed by atoms with Gasteiger partial charge in [-0.15, -0.1) is 9.24 Å². The van der Waals surface area contributed by atoms with Crippen LogP contribution in [0.2, 0.25) is 0 Å². The molecule has 0 aliphatic heterocycles. The first-order valence-electron chi connectivity index (χ1n) is 4.27. The summed E-state index contributed by atoms with van der Waals surface area (Å²) < 4.78 is 2.06. The van der Waals surface area contributed by atoms with E-state index in [-0.39, 0.29) is 0 Å². The maximum atomic E-state index is 5.40. The second kappa shape index (κ2) is 5.28. The van der Waals surface area contributed by atoms with E-state index in [9.17, 15) is 0 Å². The van der Waals surface area contributed by atoms with Gasteiger partial charge in [0.05, 0.1) is 12.0 Å². The minimum atomic E-state index is 0.782. The molecule has 0 aliphatic rings. The van der Waals surface area contributed by atoms with Crippen molar-refractivity contribution in [3.8, 4) is 0 Å². The molecule has 1 atom stereocenters. The fourth-order valence-electron chi connectivity index (χ4n) is 1.09. The Balaban J connectivity index is 2.31. The second-order valence-electron chi connectivity index (χ2n) is 2.81. The summed E-state index contributed by atoms with van der Waals surface area (Å²) in [7, 11) is 2.67. The number of nitrogens with two attached hydrogens (primary N) is 1. The number of imidazole rings is 1. The smallest absolute Gasteiger partial charge is 0.0952 e. The highest BCUT2D eigenvalue weighted by molar-refractivity contribution is 7.15. The summed E-state index contributed by atoms with van der Waals surface area (Å²) in [6.45, 7) is 0.782. The summed E-state index contributed by atoms with van der Waals surface area (Å²) >= 11 is 0. The van der Waals surface area contributed by atoms with E-state index in [0.717, 1.165) is 32.1 Å². The van der Waals surface area contributed by atoms with Gasteiger partial charge in [0.1, 0.15) is 0 Å². The lowest BCUT2D eigenvalue weighted by atomic mass is 10.2. The Kier molecular flexibility index (Phi) is 4.26. The third kappa shape index (κ3) is 2.92. The van der Waals surface area contributed by atoms with Crippen LogP contribution in [0, 0.1) is 0 Å². The molecule has 0 saturated heterocycles. The third-order valence-electron chi connectivity index (χ3n) is 1.78. The number of unbranched alkanes of at least 4 members (excludes halogenated alkanes) is 1. The lowest BCUT2D eigenvalue weighted by Gasteiger charge is -1.94. The van der Waals surface area contributed by atoms with Gasteiger partial charge in [-0.3, -0.25) is 0 Å². The SMILES string of the molecule is NCCCCc1cn(CP)cn1. The Morgan fingerprint density at radius 2 is 2.33 bits per heavy atom. The highest BCUT2D eigenvalue weighted by Gasteiger charge is 1.96. The molecule has 68 valence electrons. The fourth-order valence-corrected chi connectivity index (χ4v) is 1.29. The van der Waals surface area contributed by atoms with Crippen LogP contribution in [0.4, 0.5) is 0 Å². The third-order valence-corrected chi connectivity index (χ3v) is 2.21. The average Bonchev–Trinajstić information content (AvgIpc) is 2.53. The van der Waals surface area contributed by atoms with Gasteiger partial charge in [-0.05, 0) is 25.8 Å². The van der Waals surface area contributed by atoms with E-state index in [2.05, 4.69) is 25.0 Å². The molecule has 0 aromatic carbocycles. The van der Waals surface area contributed by atoms with Crippen molar-refractivity contribution in [1.29, 1.82) is 0 Å². The van der Waals surface area contributed by atoms with E-state index in [1.807, 2.05) is 6.33 Å². The van der Waals surface area contributed by atoms with Crippen molar-refractivity contribution in [2.45, 2.75) is 25.5 Å². The maximum absolute atomic E-state index is 5.40. The van der Waals surface area contributed by atoms with Gasteiger partial charge in [0.2, 0.25) is 0 Å². The van der Waals surface area contributed by atoms with Crippen molar-refractivity contribution in [2.75, 3.05) is 6.54 Å². The molecule has 0 fully saturated rings. The van der Waals surface area contributed by atoms with E-state index >= 15 is 0 Å². The number of nitrogens with zero attached hydrogens (tertiary/aromatic N) is 2. The van der Waals surface area contributed by atoms with Crippen molar-refractivity contribution >= 4 is 9.24 Å². The summed E-state index contributed by atoms with van der Waals surface area (Å²) in [6.07, 6.45) is 8.16. The van der Waals surface area contributed by atoms with Crippen molar-refractivity contribution in [3.05, 3.63) is 18.2 Å². The summed E-state index contributed by atoms with van der Waals surface area (Å²) in [5.74, 6) is 0. The summed E-state index contributed by atoms with van der Waals surface area (Å²) in [5.41, 5.74) is 6.57. The molecule has 1 unspecified atom stereocenters. The molecular weight excluding hydrogens is 169 g/mol. The second-order valence-corrected chi connectivity index (χ2v) is 3.17. The van der Waals surface area contributed by atoms with Crippen LogP contribution in [0.3, 0.4) is 0 Å². The normalized spacial score (nSPS) is 10.5. The molecule has 2 N–H and O–H groups in total. The molecule has 0 amide bonds. The van der Waals surface area contributed by atoms with Gasteiger partial charge in [-0.25, -0.2) is 4.98 Å². The van der Waals surface area contributed by atoms with E-state index in [1.54, 1.807) is 0 Å². The zero-order valence-corrected chi connectivity index (χ0v) is 8.39. The van der Waals surface area contributed by atoms with Crippen molar-refractivity contribution in [1.82, 2.24) is 9.55 Å². The summed E-state index contributed by atoms with van der Waals surface area (Å²) in [5, 5.41) is 0. The molecular formula is C8H16N3P. The topological polar surface area (TPSA) is 43.8 Å². The Hall–Kier alpha value is -0.400. The molecule has 0 radical (unpaired) electrons. The van der Waals surface area contributed by atoms with Crippen molar-refractivity contribution < 1.29 is 0 Å². The van der Waals surface area contributed by atoms with E-state index < -0.39 is 0 Å². The largest absolute Gasteiger partial charge is 0.333 e. The molecule has 0 saturated carbocycles. The van der Waals surface area contributed by atoms with Crippen LogP contribution in [0.5, 0.6) is 0 Å². The van der Waals surface area contributed by atoms with Crippen LogP contribution in [-0.4, -0.2) is 16.1 Å². The van der Waals surface area contributed by atoms with Gasteiger partial charge in [0.15, 0.2) is 0 Å². The molecule has 3 nitrogen and oxygen atoms in total. The molecule has 4 heteroatoms. The monoisotopic (exact) mass is 185 g/mol. The van der Waals surface area contributed by atoms with E-state index in [4.69, 9.17) is 5.73 Å². The number of aromatic nitrogens is 2. The number of hydrogen-bond donors (Lipinski definition) is 1. The molecule has 1 rings (SSSR count). The van der Waals surface area contributed by atoms with Gasteiger partial charge < -0.3 is 10.3 Å². The predicted octanol–water partition coefficient (Wildman–Crippen LogP) is 0.997. The predicted molar refractivity (Wildman–Crippen MR) is 53.9 cm³/mol. The van der Waals surface area contributed by atoms with Gasteiger partial charge >= 0.3 is 0 Å². The Morgan fingerprint density at radius 3 is 2.92 bits per heavy atom. The first kappa shape index (κ1) is 9.69. The number of hydrogen-bond acceptors (Lipinski definition) is 2. The highest BCUT2D eigenvalue weighted by Crippen LogP contribution is 2.03. The van der Waals surface area contributed by atoms with Gasteiger partial charge in [-0.1, -0.05) is 0 Å². The number of rotatable bonds is 5. The molecule has 0 bridgehead atoms. The minimum absolute atomic E-state index is 0.782. The van der Waals surface area contributed by atoms with Crippen LogP contribution in [0.1, 0.15) is 18.5 Å². The Bertz CT molecular complexity index is 222. The molecule has 0 aliphatic carbocycles. The van der Waals surface area contributed by atoms with E-state index in [1.165, 1.54) is 5.69 Å². The molecule has 12 heavy (non-hydrogen) atoms. The summed E-state index contributed by atoms with van der Waals surface area (Å²) in [6, 6.07) is 0. The standard InChI is InChI=1S/C8H16N3P/c9-4-2-1-3-8-5-11(7-12)6-10-8/h5-6H,1-4,7,9,12H2. The van der Waals surface area contributed by atoms with Crippen LogP contribution in [-0.2, 0) is 12.7 Å². The Labute approximate surface area is 75.6 Å². The van der Waals surface area contributed by atoms with Gasteiger partial charge in [0.25, 0.3) is 0 Å². The van der Waals surface area contributed by atoms with Crippen molar-refractivity contribution in [3.63, 3.8) is 0 Å². The minimum Gasteiger partial charge on any atom is -0.333 e. The molecule has 1 aromatic rings. The quantitative estimate of drug-likeness (QED) is 0.549. The zero-order chi connectivity index (χ0) is 8.81. The first-order valence-corrected chi connectivity index (χ1v) is 5.09.